The zero-order chi connectivity index (χ0) is 6.78. The van der Waals surface area contributed by atoms with Gasteiger partial charge in [-0.1, -0.05) is 34.8 Å². The highest BCUT2D eigenvalue weighted by Gasteiger charge is 2.30. The van der Waals surface area contributed by atoms with Gasteiger partial charge in [0.05, 0.1) is 6.07 Å². The van der Waals surface area contributed by atoms with E-state index in [9.17, 15) is 0 Å². The highest BCUT2D eigenvalue weighted by atomic mass is 35.6. The van der Waals surface area contributed by atoms with Crippen molar-refractivity contribution in [2.24, 2.45) is 0 Å². The molecule has 8 heavy (non-hydrogen) atoms. The van der Waals surface area contributed by atoms with Crippen molar-refractivity contribution in [1.82, 2.24) is 0 Å². The summed E-state index contributed by atoms with van der Waals surface area (Å²) in [6, 6.07) is 1.57. The fraction of sp³-hybridized carbons (Fsp3) is 0.667. The molecule has 0 N–H and O–H groups in total. The molecule has 0 saturated carbocycles. The standard InChI is InChI=1S/C3HCl4N/c4-2(1-8)3(5,6)7/h2H. The first-order valence-electron chi connectivity index (χ1n) is 1.59. The first kappa shape index (κ1) is 8.65. The molecular formula is C3HCl4N. The van der Waals surface area contributed by atoms with Gasteiger partial charge in [0.2, 0.25) is 3.79 Å². The summed E-state index contributed by atoms with van der Waals surface area (Å²) in [5, 5.41) is 6.96. The molecule has 0 aliphatic carbocycles. The van der Waals surface area contributed by atoms with E-state index >= 15 is 0 Å². The Kier molecular flexibility index (Phi) is 3.23. The zero-order valence-electron chi connectivity index (χ0n) is 3.54. The van der Waals surface area contributed by atoms with E-state index in [0.717, 1.165) is 0 Å². The molecule has 0 aromatic heterocycles. The van der Waals surface area contributed by atoms with Crippen molar-refractivity contribution < 1.29 is 0 Å². The average Bonchev–Trinajstić information content (AvgIpc) is 1.62. The van der Waals surface area contributed by atoms with E-state index in [1.165, 1.54) is 0 Å². The van der Waals surface area contributed by atoms with Crippen molar-refractivity contribution >= 4 is 46.4 Å². The molecule has 0 saturated heterocycles. The van der Waals surface area contributed by atoms with Gasteiger partial charge in [-0.25, -0.2) is 0 Å². The fourth-order valence-electron chi connectivity index (χ4n) is 0.0732. The molecule has 0 fully saturated rings. The Labute approximate surface area is 67.1 Å². The van der Waals surface area contributed by atoms with Crippen LogP contribution in [0.15, 0.2) is 0 Å². The van der Waals surface area contributed by atoms with Gasteiger partial charge < -0.3 is 0 Å². The van der Waals surface area contributed by atoms with Crippen molar-refractivity contribution in [1.29, 1.82) is 5.26 Å². The largest absolute Gasteiger partial charge is 0.219 e. The monoisotopic (exact) mass is 191 g/mol. The minimum Gasteiger partial charge on any atom is -0.197 e. The van der Waals surface area contributed by atoms with E-state index in [-0.39, 0.29) is 0 Å². The van der Waals surface area contributed by atoms with Crippen molar-refractivity contribution in [3.05, 3.63) is 0 Å². The van der Waals surface area contributed by atoms with Crippen LogP contribution in [0.4, 0.5) is 0 Å². The number of hydrogen-bond donors (Lipinski definition) is 0. The van der Waals surface area contributed by atoms with Crippen LogP contribution in [0.5, 0.6) is 0 Å². The number of alkyl halides is 4. The molecule has 0 aliphatic rings. The lowest BCUT2D eigenvalue weighted by Crippen LogP contribution is -2.16. The van der Waals surface area contributed by atoms with Gasteiger partial charge in [0.1, 0.15) is 0 Å². The summed E-state index contributed by atoms with van der Waals surface area (Å²) in [4.78, 5) is 0. The summed E-state index contributed by atoms with van der Waals surface area (Å²) in [5.41, 5.74) is 0. The molecular weight excluding hydrogens is 192 g/mol. The molecule has 0 aliphatic heterocycles. The lowest BCUT2D eigenvalue weighted by atomic mass is 10.5. The minimum absolute atomic E-state index is 1.08. The van der Waals surface area contributed by atoms with E-state index in [1.54, 1.807) is 6.07 Å². The molecule has 46 valence electrons. The van der Waals surface area contributed by atoms with Gasteiger partial charge in [-0.05, 0) is 0 Å². The van der Waals surface area contributed by atoms with Crippen LogP contribution in [0.3, 0.4) is 0 Å². The minimum atomic E-state index is -1.67. The van der Waals surface area contributed by atoms with Gasteiger partial charge >= 0.3 is 0 Å². The van der Waals surface area contributed by atoms with Crippen LogP contribution >= 0.6 is 46.4 Å². The highest BCUT2D eigenvalue weighted by Crippen LogP contribution is 2.32. The first-order valence-corrected chi connectivity index (χ1v) is 3.16. The predicted molar refractivity (Wildman–Crippen MR) is 35.5 cm³/mol. The van der Waals surface area contributed by atoms with Gasteiger partial charge in [0.15, 0.2) is 5.38 Å². The lowest BCUT2D eigenvalue weighted by Gasteiger charge is -2.08. The van der Waals surface area contributed by atoms with Crippen LogP contribution in [0.1, 0.15) is 0 Å². The Hall–Kier alpha value is 0.650. The van der Waals surface area contributed by atoms with Crippen LogP contribution in [-0.2, 0) is 0 Å². The van der Waals surface area contributed by atoms with E-state index in [4.69, 9.17) is 51.7 Å². The number of nitrogens with zero attached hydrogens (tertiary/aromatic N) is 1. The molecule has 0 aromatic carbocycles. The molecule has 0 rings (SSSR count). The summed E-state index contributed by atoms with van der Waals surface area (Å²) in [5.74, 6) is 0. The maximum atomic E-state index is 8.04. The quantitative estimate of drug-likeness (QED) is 0.542. The third-order valence-electron chi connectivity index (χ3n) is 0.401. The summed E-state index contributed by atoms with van der Waals surface area (Å²) < 4.78 is -1.67. The van der Waals surface area contributed by atoms with Crippen LogP contribution in [0.2, 0.25) is 0 Å². The second kappa shape index (κ2) is 2.98. The van der Waals surface area contributed by atoms with Crippen molar-refractivity contribution in [2.45, 2.75) is 9.17 Å². The predicted octanol–water partition coefficient (Wildman–Crippen LogP) is 2.49. The normalized spacial score (nSPS) is 14.9. The van der Waals surface area contributed by atoms with E-state index in [1.807, 2.05) is 0 Å². The third kappa shape index (κ3) is 2.84. The van der Waals surface area contributed by atoms with E-state index in [2.05, 4.69) is 0 Å². The number of hydrogen-bond acceptors (Lipinski definition) is 1. The third-order valence-corrected chi connectivity index (χ3v) is 1.82. The zero-order valence-corrected chi connectivity index (χ0v) is 6.56. The van der Waals surface area contributed by atoms with Gasteiger partial charge in [-0.3, -0.25) is 0 Å². The Morgan fingerprint density at radius 3 is 1.75 bits per heavy atom. The highest BCUT2D eigenvalue weighted by molar-refractivity contribution is 6.70. The van der Waals surface area contributed by atoms with Gasteiger partial charge in [-0.2, -0.15) is 5.26 Å². The van der Waals surface area contributed by atoms with Crippen LogP contribution in [0, 0.1) is 11.3 Å². The van der Waals surface area contributed by atoms with Crippen LogP contribution < -0.4 is 0 Å². The SMILES string of the molecule is N#CC(Cl)C(Cl)(Cl)Cl. The summed E-state index contributed by atoms with van der Waals surface area (Å²) in [6.07, 6.45) is 0. The molecule has 1 atom stereocenters. The Balaban J connectivity index is 3.87. The Bertz CT molecular complexity index is 109. The molecule has 0 heterocycles. The molecule has 0 amide bonds. The van der Waals surface area contributed by atoms with Crippen molar-refractivity contribution in [3.8, 4) is 6.07 Å². The number of halogens is 4. The van der Waals surface area contributed by atoms with Crippen LogP contribution in [0.25, 0.3) is 0 Å². The second-order valence-corrected chi connectivity index (χ2v) is 3.84. The van der Waals surface area contributed by atoms with Crippen molar-refractivity contribution in [2.75, 3.05) is 0 Å². The summed E-state index contributed by atoms with van der Waals surface area (Å²) >= 11 is 20.7. The molecule has 0 bridgehead atoms. The molecule has 1 unspecified atom stereocenters. The van der Waals surface area contributed by atoms with Gasteiger partial charge in [0, 0.05) is 0 Å². The van der Waals surface area contributed by atoms with E-state index in [0.29, 0.717) is 0 Å². The molecule has 0 aromatic rings. The Morgan fingerprint density at radius 1 is 1.38 bits per heavy atom. The topological polar surface area (TPSA) is 23.8 Å². The molecule has 0 spiro atoms. The average molecular weight is 193 g/mol. The maximum absolute atomic E-state index is 8.04. The van der Waals surface area contributed by atoms with Crippen molar-refractivity contribution in [3.63, 3.8) is 0 Å². The second-order valence-electron chi connectivity index (χ2n) is 1.03. The lowest BCUT2D eigenvalue weighted by molar-refractivity contribution is 1.09. The molecule has 1 nitrogen and oxygen atoms in total. The smallest absolute Gasteiger partial charge is 0.197 e. The summed E-state index contributed by atoms with van der Waals surface area (Å²) in [7, 11) is 0. The molecule has 5 heteroatoms. The maximum Gasteiger partial charge on any atom is 0.219 e. The van der Waals surface area contributed by atoms with Gasteiger partial charge in [-0.15, -0.1) is 11.6 Å². The van der Waals surface area contributed by atoms with Crippen LogP contribution in [-0.4, -0.2) is 9.17 Å². The number of nitriles is 1. The van der Waals surface area contributed by atoms with Gasteiger partial charge in [0.25, 0.3) is 0 Å². The fourth-order valence-corrected chi connectivity index (χ4v) is 0.220. The molecule has 0 radical (unpaired) electrons. The van der Waals surface area contributed by atoms with E-state index < -0.39 is 9.17 Å². The number of rotatable bonds is 0. The Morgan fingerprint density at radius 2 is 1.75 bits per heavy atom. The summed E-state index contributed by atoms with van der Waals surface area (Å²) in [6.45, 7) is 0. The first-order chi connectivity index (χ1) is 3.48.